The molecule has 0 spiro atoms. The summed E-state index contributed by atoms with van der Waals surface area (Å²) in [6.45, 7) is 3.86. The molecule has 1 aromatic heterocycles. The van der Waals surface area contributed by atoms with Gasteiger partial charge in [0.25, 0.3) is 11.5 Å². The van der Waals surface area contributed by atoms with Crippen molar-refractivity contribution >= 4 is 17.7 Å². The van der Waals surface area contributed by atoms with Crippen LogP contribution in [0, 0.1) is 5.82 Å². The Kier molecular flexibility index (Phi) is 7.44. The highest BCUT2D eigenvalue weighted by molar-refractivity contribution is 6.35. The summed E-state index contributed by atoms with van der Waals surface area (Å²) in [5.41, 5.74) is -0.704. The average molecular weight is 514 g/mol. The number of nitrogens with zero attached hydrogens (tertiary/aromatic N) is 3. The molecule has 2 bridgehead atoms. The van der Waals surface area contributed by atoms with Crippen LogP contribution in [0.4, 0.5) is 4.39 Å². The molecular weight excluding hydrogens is 481 g/mol. The molecule has 2 N–H and O–H groups in total. The van der Waals surface area contributed by atoms with E-state index in [4.69, 9.17) is 9.72 Å². The Morgan fingerprint density at radius 3 is 2.49 bits per heavy atom. The topological polar surface area (TPSA) is 123 Å². The smallest absolute Gasteiger partial charge is 0.311 e. The molecule has 0 radical (unpaired) electrons. The molecule has 198 valence electrons. The number of halogens is 1. The molecule has 11 heteroatoms. The Bertz CT molecular complexity index is 1270. The minimum absolute atomic E-state index is 0.0230. The maximum Gasteiger partial charge on any atom is 0.311 e. The molecule has 3 amide bonds. The lowest BCUT2D eigenvalue weighted by Crippen LogP contribution is -2.56. The molecule has 1 fully saturated rings. The zero-order valence-corrected chi connectivity index (χ0v) is 21.5. The first-order valence-electron chi connectivity index (χ1n) is 12.5. The summed E-state index contributed by atoms with van der Waals surface area (Å²) < 4.78 is 20.9. The van der Waals surface area contributed by atoms with Gasteiger partial charge in [0.1, 0.15) is 22.9 Å². The van der Waals surface area contributed by atoms with E-state index in [0.717, 1.165) is 0 Å². The van der Waals surface area contributed by atoms with Crippen molar-refractivity contribution in [2.75, 3.05) is 20.7 Å². The van der Waals surface area contributed by atoms with E-state index < -0.39 is 23.3 Å². The van der Waals surface area contributed by atoms with E-state index >= 15 is 0 Å². The lowest BCUT2D eigenvalue weighted by Gasteiger charge is -2.37. The number of likely N-dealkylation sites (N-methyl/N-ethyl adjacent to an activating group) is 1. The number of hydrogen-bond acceptors (Lipinski definition) is 6. The van der Waals surface area contributed by atoms with Crippen molar-refractivity contribution in [1.82, 2.24) is 25.1 Å². The quantitative estimate of drug-likeness (QED) is 0.564. The third kappa shape index (κ3) is 4.87. The van der Waals surface area contributed by atoms with E-state index in [2.05, 4.69) is 10.6 Å². The van der Waals surface area contributed by atoms with Crippen LogP contribution in [0.1, 0.15) is 66.6 Å². The van der Waals surface area contributed by atoms with Gasteiger partial charge in [0, 0.05) is 26.2 Å². The van der Waals surface area contributed by atoms with Crippen molar-refractivity contribution in [2.24, 2.45) is 0 Å². The van der Waals surface area contributed by atoms with Crippen LogP contribution < -0.4 is 16.2 Å². The van der Waals surface area contributed by atoms with E-state index in [9.17, 15) is 23.6 Å². The van der Waals surface area contributed by atoms with Gasteiger partial charge in [0.05, 0.1) is 18.8 Å². The minimum atomic E-state index is -1.25. The molecule has 2 aromatic rings. The van der Waals surface area contributed by atoms with Gasteiger partial charge in [-0.3, -0.25) is 23.7 Å². The first-order chi connectivity index (χ1) is 17.6. The Labute approximate surface area is 214 Å². The molecule has 37 heavy (non-hydrogen) atoms. The molecule has 0 aliphatic carbocycles. The first-order valence-corrected chi connectivity index (χ1v) is 12.5. The van der Waals surface area contributed by atoms with E-state index in [1.165, 1.54) is 31.1 Å². The lowest BCUT2D eigenvalue weighted by atomic mass is 9.89. The monoisotopic (exact) mass is 513 g/mol. The number of nitrogens with one attached hydrogen (secondary N) is 2. The van der Waals surface area contributed by atoms with Gasteiger partial charge in [-0.05, 0) is 43.4 Å². The number of rotatable bonds is 6. The third-order valence-electron chi connectivity index (χ3n) is 7.10. The number of ether oxygens (including phenoxy) is 1. The Hall–Kier alpha value is -3.60. The van der Waals surface area contributed by atoms with Gasteiger partial charge in [-0.15, -0.1) is 0 Å². The molecule has 1 saturated heterocycles. The number of carbonyl (C=O) groups is 3. The number of amides is 3. The van der Waals surface area contributed by atoms with Crippen molar-refractivity contribution in [3.63, 3.8) is 0 Å². The van der Waals surface area contributed by atoms with Crippen molar-refractivity contribution in [3.05, 3.63) is 63.1 Å². The second kappa shape index (κ2) is 10.4. The normalized spacial score (nSPS) is 22.1. The van der Waals surface area contributed by atoms with Gasteiger partial charge >= 0.3 is 11.8 Å². The lowest BCUT2D eigenvalue weighted by molar-refractivity contribution is -0.147. The second-order valence-electron chi connectivity index (χ2n) is 9.70. The zero-order valence-electron chi connectivity index (χ0n) is 21.5. The van der Waals surface area contributed by atoms with E-state index in [1.807, 2.05) is 6.92 Å². The van der Waals surface area contributed by atoms with Gasteiger partial charge in [0.15, 0.2) is 0 Å². The fourth-order valence-electron chi connectivity index (χ4n) is 5.10. The van der Waals surface area contributed by atoms with Crippen LogP contribution >= 0.6 is 0 Å². The molecule has 0 saturated carbocycles. The summed E-state index contributed by atoms with van der Waals surface area (Å²) in [5, 5.41) is 5.55. The van der Waals surface area contributed by atoms with Crippen molar-refractivity contribution in [3.8, 4) is 0 Å². The summed E-state index contributed by atoms with van der Waals surface area (Å²) in [7, 11) is 2.95. The second-order valence-corrected chi connectivity index (χ2v) is 9.70. The molecule has 3 atom stereocenters. The van der Waals surface area contributed by atoms with Crippen LogP contribution in [0.25, 0.3) is 0 Å². The first kappa shape index (κ1) is 26.5. The third-order valence-corrected chi connectivity index (χ3v) is 7.10. The molecule has 10 nitrogen and oxygen atoms in total. The van der Waals surface area contributed by atoms with Crippen LogP contribution in [0.15, 0.2) is 29.1 Å². The van der Waals surface area contributed by atoms with Gasteiger partial charge in [0.2, 0.25) is 0 Å². The van der Waals surface area contributed by atoms with Crippen molar-refractivity contribution < 1.29 is 23.5 Å². The summed E-state index contributed by atoms with van der Waals surface area (Å²) in [6.07, 6.45) is 1.54. The number of benzene rings is 1. The number of aromatic nitrogens is 2. The Morgan fingerprint density at radius 2 is 1.92 bits per heavy atom. The highest BCUT2D eigenvalue weighted by atomic mass is 19.1. The zero-order chi connectivity index (χ0) is 26.9. The Balaban J connectivity index is 1.80. The molecule has 3 unspecified atom stereocenters. The average Bonchev–Trinajstić information content (AvgIpc) is 3.10. The molecular formula is C26H32FN5O5. The number of carbonyl (C=O) groups excluding carboxylic acids is 3. The highest BCUT2D eigenvalue weighted by Crippen LogP contribution is 2.41. The molecule has 3 aliphatic heterocycles. The summed E-state index contributed by atoms with van der Waals surface area (Å²) in [6, 6.07) is 5.39. The van der Waals surface area contributed by atoms with Crippen LogP contribution in [0.5, 0.6) is 0 Å². The van der Waals surface area contributed by atoms with Crippen molar-refractivity contribution in [2.45, 2.75) is 63.8 Å². The summed E-state index contributed by atoms with van der Waals surface area (Å²) >= 11 is 0. The number of fused-ring (bicyclic) bond motifs is 2. The SMILES string of the molecule is CCc1c(C(=O)NCc2ccc(F)cc2)nc2n(c1=O)C(CC)C1CCC2(NC(=O)C(=O)N(C)C)CO1. The summed E-state index contributed by atoms with van der Waals surface area (Å²) in [5.74, 6) is -2.31. The predicted molar refractivity (Wildman–Crippen MR) is 132 cm³/mol. The predicted octanol–water partition coefficient (Wildman–Crippen LogP) is 1.42. The molecule has 3 aliphatic rings. The summed E-state index contributed by atoms with van der Waals surface area (Å²) in [4.78, 5) is 58.2. The largest absolute Gasteiger partial charge is 0.373 e. The van der Waals surface area contributed by atoms with Gasteiger partial charge in [-0.2, -0.15) is 0 Å². The van der Waals surface area contributed by atoms with Crippen LogP contribution in [0.2, 0.25) is 0 Å². The van der Waals surface area contributed by atoms with Crippen molar-refractivity contribution in [1.29, 1.82) is 0 Å². The van der Waals surface area contributed by atoms with E-state index in [-0.39, 0.29) is 60.2 Å². The Morgan fingerprint density at radius 1 is 1.22 bits per heavy atom. The molecule has 1 aromatic carbocycles. The maximum atomic E-state index is 13.9. The molecule has 4 heterocycles. The highest BCUT2D eigenvalue weighted by Gasteiger charge is 2.50. The van der Waals surface area contributed by atoms with Crippen LogP contribution in [0.3, 0.4) is 0 Å². The van der Waals surface area contributed by atoms with Gasteiger partial charge in [-0.1, -0.05) is 26.0 Å². The fourth-order valence-corrected chi connectivity index (χ4v) is 5.10. The molecule has 5 rings (SSSR count). The van der Waals surface area contributed by atoms with Gasteiger partial charge < -0.3 is 20.3 Å². The maximum absolute atomic E-state index is 13.9. The fraction of sp³-hybridized carbons (Fsp3) is 0.500. The number of hydrogen-bond donors (Lipinski definition) is 2. The van der Waals surface area contributed by atoms with Crippen LogP contribution in [-0.2, 0) is 32.8 Å². The van der Waals surface area contributed by atoms with E-state index in [1.54, 1.807) is 23.6 Å². The standard InChI is InChI=1S/C26H32FN5O5/c1-5-17-20(21(33)28-13-15-7-9-16(27)10-8-15)29-25-26(30-22(34)24(36)31(3)4)12-11-19(37-14-26)18(6-2)32(25)23(17)35/h7-10,18-19H,5-6,11-14H2,1-4H3,(H,28,33)(H,30,34). The minimum Gasteiger partial charge on any atom is -0.373 e. The van der Waals surface area contributed by atoms with Crippen LogP contribution in [-0.4, -0.2) is 59.0 Å². The van der Waals surface area contributed by atoms with E-state index in [0.29, 0.717) is 24.8 Å². The van der Waals surface area contributed by atoms with Gasteiger partial charge in [-0.25, -0.2) is 9.37 Å².